The van der Waals surface area contributed by atoms with E-state index in [0.717, 1.165) is 35.3 Å². The second-order valence-corrected chi connectivity index (χ2v) is 12.1. The van der Waals surface area contributed by atoms with Gasteiger partial charge in [-0.15, -0.1) is 21.5 Å². The lowest BCUT2D eigenvalue weighted by Crippen LogP contribution is -2.26. The number of halogens is 1. The van der Waals surface area contributed by atoms with Crippen LogP contribution in [0.5, 0.6) is 0 Å². The number of anilines is 1. The quantitative estimate of drug-likeness (QED) is 0.180. The highest BCUT2D eigenvalue weighted by Crippen LogP contribution is 2.40. The van der Waals surface area contributed by atoms with Gasteiger partial charge in [0.05, 0.1) is 30.4 Å². The summed E-state index contributed by atoms with van der Waals surface area (Å²) in [7, 11) is 0. The van der Waals surface area contributed by atoms with Crippen molar-refractivity contribution >= 4 is 45.9 Å². The van der Waals surface area contributed by atoms with Crippen LogP contribution in [0.25, 0.3) is 5.69 Å². The molecule has 42 heavy (non-hydrogen) atoms. The highest BCUT2D eigenvalue weighted by Gasteiger charge is 2.30. The molecule has 9 nitrogen and oxygen atoms in total. The molecule has 0 bridgehead atoms. The molecule has 2 heterocycles. The topological polar surface area (TPSA) is 115 Å². The van der Waals surface area contributed by atoms with Gasteiger partial charge in [-0.3, -0.25) is 14.2 Å². The van der Waals surface area contributed by atoms with Crippen molar-refractivity contribution in [3.63, 3.8) is 0 Å². The van der Waals surface area contributed by atoms with Crippen molar-refractivity contribution in [1.29, 1.82) is 0 Å². The van der Waals surface area contributed by atoms with E-state index >= 15 is 0 Å². The Kier molecular flexibility index (Phi) is 9.33. The highest BCUT2D eigenvalue weighted by molar-refractivity contribution is 8.00. The highest BCUT2D eigenvalue weighted by atomic mass is 32.2. The van der Waals surface area contributed by atoms with Crippen LogP contribution in [-0.4, -0.2) is 44.4 Å². The third-order valence-corrected chi connectivity index (χ3v) is 8.98. The van der Waals surface area contributed by atoms with E-state index < -0.39 is 17.0 Å². The van der Waals surface area contributed by atoms with Crippen LogP contribution in [0.3, 0.4) is 0 Å². The lowest BCUT2D eigenvalue weighted by atomic mass is 10.1. The number of amides is 2. The van der Waals surface area contributed by atoms with Gasteiger partial charge in [0.2, 0.25) is 11.8 Å². The molecule has 4 aromatic rings. The van der Waals surface area contributed by atoms with E-state index in [1.165, 1.54) is 35.2 Å². The van der Waals surface area contributed by atoms with Gasteiger partial charge in [-0.05, 0) is 68.5 Å². The number of nitrogens with one attached hydrogen (secondary N) is 2. The molecule has 218 valence electrons. The third kappa shape index (κ3) is 6.71. The van der Waals surface area contributed by atoms with Crippen LogP contribution in [0, 0.1) is 5.82 Å². The van der Waals surface area contributed by atoms with Crippen molar-refractivity contribution in [1.82, 2.24) is 20.1 Å². The van der Waals surface area contributed by atoms with Gasteiger partial charge in [-0.2, -0.15) is 0 Å². The summed E-state index contributed by atoms with van der Waals surface area (Å²) in [6, 6.07) is 15.2. The number of carbonyl (C=O) groups excluding carboxylic acids is 3. The van der Waals surface area contributed by atoms with Gasteiger partial charge in [-0.1, -0.05) is 42.1 Å². The van der Waals surface area contributed by atoms with Gasteiger partial charge in [0.25, 0.3) is 0 Å². The molecule has 2 aromatic carbocycles. The summed E-state index contributed by atoms with van der Waals surface area (Å²) in [5, 5.41) is 14.6. The Balaban J connectivity index is 1.33. The molecular formula is C30H30FN5O4S2. The first kappa shape index (κ1) is 29.5. The minimum Gasteiger partial charge on any atom is -0.462 e. The van der Waals surface area contributed by atoms with Crippen molar-refractivity contribution in [2.45, 2.75) is 56.5 Å². The number of esters is 1. The van der Waals surface area contributed by atoms with E-state index in [1.807, 2.05) is 30.3 Å². The van der Waals surface area contributed by atoms with E-state index in [9.17, 15) is 18.8 Å². The number of thiophene rings is 1. The molecule has 0 unspecified atom stereocenters. The van der Waals surface area contributed by atoms with Crippen LogP contribution in [0.4, 0.5) is 9.39 Å². The Morgan fingerprint density at radius 1 is 1.10 bits per heavy atom. The van der Waals surface area contributed by atoms with Crippen LogP contribution < -0.4 is 10.6 Å². The molecule has 0 spiro atoms. The number of rotatable bonds is 11. The molecule has 0 fully saturated rings. The maximum absolute atomic E-state index is 13.7. The van der Waals surface area contributed by atoms with Crippen molar-refractivity contribution in [3.05, 3.63) is 87.8 Å². The van der Waals surface area contributed by atoms with E-state index in [-0.39, 0.29) is 31.4 Å². The van der Waals surface area contributed by atoms with Gasteiger partial charge >= 0.3 is 5.97 Å². The summed E-state index contributed by atoms with van der Waals surface area (Å²) in [6.07, 6.45) is 2.84. The summed E-state index contributed by atoms with van der Waals surface area (Å²) in [5.41, 5.74) is 2.88. The molecule has 2 aromatic heterocycles. The number of aryl methyl sites for hydroxylation is 1. The Morgan fingerprint density at radius 3 is 2.60 bits per heavy atom. The van der Waals surface area contributed by atoms with Crippen molar-refractivity contribution in [3.8, 4) is 5.69 Å². The molecule has 0 aliphatic heterocycles. The lowest BCUT2D eigenvalue weighted by molar-refractivity contribution is -0.120. The first-order valence-corrected chi connectivity index (χ1v) is 15.3. The summed E-state index contributed by atoms with van der Waals surface area (Å²) in [4.78, 5) is 39.7. The molecule has 2 N–H and O–H groups in total. The SMILES string of the molecule is CCOC(=O)c1c(NC(=O)[C@H](C)Sc2nnc(CNC(=O)Cc3ccccc3)n2-c2ccc(F)cc2)sc2c1CCC2. The summed E-state index contributed by atoms with van der Waals surface area (Å²) in [6.45, 7) is 3.82. The summed E-state index contributed by atoms with van der Waals surface area (Å²) in [5.74, 6) is -0.888. The number of carbonyl (C=O) groups is 3. The van der Waals surface area contributed by atoms with E-state index in [0.29, 0.717) is 27.2 Å². The van der Waals surface area contributed by atoms with Crippen molar-refractivity contribution < 1.29 is 23.5 Å². The molecule has 2 amide bonds. The molecule has 1 atom stereocenters. The van der Waals surface area contributed by atoms with Gasteiger partial charge in [0.15, 0.2) is 11.0 Å². The fourth-order valence-corrected chi connectivity index (χ4v) is 6.87. The Bertz CT molecular complexity index is 1590. The number of benzene rings is 2. The standard InChI is InChI=1S/C30H30FN5O4S2/c1-3-40-29(39)26-22-10-7-11-23(22)42-28(26)33-27(38)18(2)41-30-35-34-24(36(30)21-14-12-20(31)13-15-21)17-32-25(37)16-19-8-5-4-6-9-19/h4-6,8-9,12-15,18H,3,7,10-11,16-17H2,1-2H3,(H,32,37)(H,33,38)/t18-/m0/s1. The lowest BCUT2D eigenvalue weighted by Gasteiger charge is -2.14. The van der Waals surface area contributed by atoms with Gasteiger partial charge in [-0.25, -0.2) is 9.18 Å². The van der Waals surface area contributed by atoms with Crippen LogP contribution in [0.1, 0.15) is 52.5 Å². The van der Waals surface area contributed by atoms with Gasteiger partial charge in [0.1, 0.15) is 10.8 Å². The molecular weight excluding hydrogens is 577 g/mol. The number of aromatic nitrogens is 3. The van der Waals surface area contributed by atoms with Crippen molar-refractivity contribution in [2.24, 2.45) is 0 Å². The van der Waals surface area contributed by atoms with E-state index in [4.69, 9.17) is 4.74 Å². The summed E-state index contributed by atoms with van der Waals surface area (Å²) >= 11 is 2.59. The van der Waals surface area contributed by atoms with Crippen LogP contribution in [0.15, 0.2) is 59.8 Å². The maximum Gasteiger partial charge on any atom is 0.341 e. The number of ether oxygens (including phenoxy) is 1. The first-order chi connectivity index (χ1) is 20.3. The number of hydrogen-bond donors (Lipinski definition) is 2. The van der Waals surface area contributed by atoms with Crippen LogP contribution in [-0.2, 0) is 40.1 Å². The smallest absolute Gasteiger partial charge is 0.341 e. The largest absolute Gasteiger partial charge is 0.462 e. The molecule has 12 heteroatoms. The van der Waals surface area contributed by atoms with Gasteiger partial charge in [0, 0.05) is 10.6 Å². The van der Waals surface area contributed by atoms with Crippen LogP contribution in [0.2, 0.25) is 0 Å². The zero-order chi connectivity index (χ0) is 29.6. The fourth-order valence-electron chi connectivity index (χ4n) is 4.70. The second kappa shape index (κ2) is 13.3. The van der Waals surface area contributed by atoms with Crippen LogP contribution >= 0.6 is 23.1 Å². The molecule has 0 saturated heterocycles. The number of fused-ring (bicyclic) bond motifs is 1. The normalized spacial score (nSPS) is 12.9. The predicted molar refractivity (Wildman–Crippen MR) is 160 cm³/mol. The zero-order valence-corrected chi connectivity index (χ0v) is 24.8. The molecule has 0 radical (unpaired) electrons. The fraction of sp³-hybridized carbons (Fsp3) is 0.300. The monoisotopic (exact) mass is 607 g/mol. The molecule has 0 saturated carbocycles. The number of thioether (sulfide) groups is 1. The average molecular weight is 608 g/mol. The molecule has 5 rings (SSSR count). The Morgan fingerprint density at radius 2 is 1.86 bits per heavy atom. The minimum absolute atomic E-state index is 0.0842. The predicted octanol–water partition coefficient (Wildman–Crippen LogP) is 5.11. The number of nitrogens with zero attached hydrogens (tertiary/aromatic N) is 3. The average Bonchev–Trinajstić information content (AvgIpc) is 3.68. The maximum atomic E-state index is 13.7. The molecule has 1 aliphatic rings. The minimum atomic E-state index is -0.624. The second-order valence-electron chi connectivity index (χ2n) is 9.68. The van der Waals surface area contributed by atoms with E-state index in [1.54, 1.807) is 30.5 Å². The Hall–Kier alpha value is -4.03. The summed E-state index contributed by atoms with van der Waals surface area (Å²) < 4.78 is 20.7. The zero-order valence-electron chi connectivity index (χ0n) is 23.2. The third-order valence-electron chi connectivity index (χ3n) is 6.73. The first-order valence-electron chi connectivity index (χ1n) is 13.6. The Labute approximate surface area is 250 Å². The molecule has 1 aliphatic carbocycles. The van der Waals surface area contributed by atoms with Crippen molar-refractivity contribution in [2.75, 3.05) is 11.9 Å². The van der Waals surface area contributed by atoms with E-state index in [2.05, 4.69) is 20.8 Å². The van der Waals surface area contributed by atoms with Gasteiger partial charge < -0.3 is 15.4 Å². The number of hydrogen-bond acceptors (Lipinski definition) is 8.